The van der Waals surface area contributed by atoms with Crippen molar-refractivity contribution < 1.29 is 10.2 Å². The van der Waals surface area contributed by atoms with Crippen molar-refractivity contribution in [2.24, 2.45) is 0 Å². The monoisotopic (exact) mass is 261 g/mol. The summed E-state index contributed by atoms with van der Waals surface area (Å²) < 4.78 is 0. The fourth-order valence-corrected chi connectivity index (χ4v) is 1.97. The van der Waals surface area contributed by atoms with Crippen LogP contribution in [0.3, 0.4) is 0 Å². The minimum atomic E-state index is -0.764. The van der Waals surface area contributed by atoms with Gasteiger partial charge in [0.25, 0.3) is 0 Å². The Bertz CT molecular complexity index is 557. The number of anilines is 2. The van der Waals surface area contributed by atoms with E-state index in [0.717, 1.165) is 22.3 Å². The molecule has 0 radical (unpaired) electrons. The molecule has 0 saturated carbocycles. The third-order valence-corrected chi connectivity index (χ3v) is 2.97. The molecule has 0 aliphatic rings. The molecule has 3 N–H and O–H groups in total. The zero-order valence-corrected chi connectivity index (χ0v) is 11.2. The molecule has 1 aromatic heterocycles. The van der Waals surface area contributed by atoms with Gasteiger partial charge < -0.3 is 20.4 Å². The number of fused-ring (bicyclic) bond motifs is 1. The van der Waals surface area contributed by atoms with Gasteiger partial charge >= 0.3 is 0 Å². The van der Waals surface area contributed by atoms with Crippen LogP contribution >= 0.6 is 0 Å². The number of nitrogens with one attached hydrogen (secondary N) is 1. The van der Waals surface area contributed by atoms with Crippen LogP contribution in [0.1, 0.15) is 0 Å². The predicted molar refractivity (Wildman–Crippen MR) is 77.7 cm³/mol. The molecule has 5 heteroatoms. The third kappa shape index (κ3) is 2.94. The first kappa shape index (κ1) is 13.6. The van der Waals surface area contributed by atoms with Gasteiger partial charge in [0, 0.05) is 37.9 Å². The van der Waals surface area contributed by atoms with E-state index >= 15 is 0 Å². The van der Waals surface area contributed by atoms with Crippen LogP contribution < -0.4 is 10.2 Å². The van der Waals surface area contributed by atoms with E-state index in [0.29, 0.717) is 6.54 Å². The number of hydrogen-bond donors (Lipinski definition) is 3. The van der Waals surface area contributed by atoms with E-state index in [-0.39, 0.29) is 6.61 Å². The molecule has 5 nitrogen and oxygen atoms in total. The summed E-state index contributed by atoms with van der Waals surface area (Å²) in [6.07, 6.45) is 1.00. The summed E-state index contributed by atoms with van der Waals surface area (Å²) in [5, 5.41) is 22.4. The smallest absolute Gasteiger partial charge is 0.0955 e. The highest BCUT2D eigenvalue weighted by Gasteiger charge is 2.09. The van der Waals surface area contributed by atoms with E-state index in [1.54, 1.807) is 6.20 Å². The number of nitrogens with zero attached hydrogens (tertiary/aromatic N) is 2. The molecule has 2 rings (SSSR count). The van der Waals surface area contributed by atoms with Crippen LogP contribution in [-0.4, -0.2) is 48.5 Å². The lowest BCUT2D eigenvalue weighted by atomic mass is 10.1. The Labute approximate surface area is 112 Å². The summed E-state index contributed by atoms with van der Waals surface area (Å²) in [4.78, 5) is 6.43. The Hall–Kier alpha value is -1.85. The maximum absolute atomic E-state index is 9.40. The van der Waals surface area contributed by atoms with Crippen LogP contribution in [-0.2, 0) is 0 Å². The average Bonchev–Trinajstić information content (AvgIpc) is 2.43. The number of rotatable bonds is 5. The highest BCUT2D eigenvalue weighted by molar-refractivity contribution is 5.99. The molecule has 102 valence electrons. The van der Waals surface area contributed by atoms with Gasteiger partial charge in [0.05, 0.1) is 23.9 Å². The van der Waals surface area contributed by atoms with Gasteiger partial charge in [-0.2, -0.15) is 0 Å². The van der Waals surface area contributed by atoms with Crippen LogP contribution in [0.25, 0.3) is 10.9 Å². The van der Waals surface area contributed by atoms with Crippen LogP contribution in [0.5, 0.6) is 0 Å². The van der Waals surface area contributed by atoms with Crippen molar-refractivity contribution in [2.45, 2.75) is 6.10 Å². The lowest BCUT2D eigenvalue weighted by Gasteiger charge is -2.18. The van der Waals surface area contributed by atoms with E-state index in [4.69, 9.17) is 5.11 Å². The molecule has 1 atom stereocenters. The molecule has 1 unspecified atom stereocenters. The van der Waals surface area contributed by atoms with E-state index in [9.17, 15) is 5.11 Å². The quantitative estimate of drug-likeness (QED) is 0.751. The van der Waals surface area contributed by atoms with Crippen LogP contribution in [0.15, 0.2) is 30.5 Å². The summed E-state index contributed by atoms with van der Waals surface area (Å²) in [7, 11) is 3.96. The molecule has 1 heterocycles. The van der Waals surface area contributed by atoms with Gasteiger partial charge in [-0.3, -0.25) is 4.98 Å². The van der Waals surface area contributed by atoms with Crippen molar-refractivity contribution in [3.63, 3.8) is 0 Å². The maximum atomic E-state index is 9.40. The molecule has 0 aliphatic heterocycles. The van der Waals surface area contributed by atoms with Crippen molar-refractivity contribution in [3.8, 4) is 0 Å². The fraction of sp³-hybridized carbons (Fsp3) is 0.357. The largest absolute Gasteiger partial charge is 0.394 e. The molecule has 0 spiro atoms. The predicted octanol–water partition coefficient (Wildman–Crippen LogP) is 1.07. The summed E-state index contributed by atoms with van der Waals surface area (Å²) in [5.74, 6) is 0. The van der Waals surface area contributed by atoms with Crippen LogP contribution in [0.4, 0.5) is 11.4 Å². The van der Waals surface area contributed by atoms with Crippen LogP contribution in [0, 0.1) is 0 Å². The average molecular weight is 261 g/mol. The molecule has 0 fully saturated rings. The van der Waals surface area contributed by atoms with Gasteiger partial charge in [0.2, 0.25) is 0 Å². The second kappa shape index (κ2) is 5.86. The standard InChI is InChI=1S/C14H19N3O2/c1-17(2)13-6-5-12(16-8-10(19)9-18)11-4-3-7-15-14(11)13/h3-7,10,16,18-19H,8-9H2,1-2H3. The van der Waals surface area contributed by atoms with Crippen LogP contribution in [0.2, 0.25) is 0 Å². The Kier molecular flexibility index (Phi) is 4.19. The zero-order valence-electron chi connectivity index (χ0n) is 11.2. The Morgan fingerprint density at radius 3 is 2.79 bits per heavy atom. The van der Waals surface area contributed by atoms with Crippen molar-refractivity contribution in [3.05, 3.63) is 30.5 Å². The molecule has 0 bridgehead atoms. The first-order valence-corrected chi connectivity index (χ1v) is 6.21. The Balaban J connectivity index is 2.38. The van der Waals surface area contributed by atoms with Gasteiger partial charge in [-0.25, -0.2) is 0 Å². The third-order valence-electron chi connectivity index (χ3n) is 2.97. The van der Waals surface area contributed by atoms with Crippen molar-refractivity contribution in [1.29, 1.82) is 0 Å². The molecular weight excluding hydrogens is 242 g/mol. The van der Waals surface area contributed by atoms with E-state index in [2.05, 4.69) is 10.3 Å². The normalized spacial score (nSPS) is 12.4. The number of pyridine rings is 1. The molecule has 0 saturated heterocycles. The van der Waals surface area contributed by atoms with Gasteiger partial charge in [-0.05, 0) is 24.3 Å². The number of aromatic nitrogens is 1. The lowest BCUT2D eigenvalue weighted by Crippen LogP contribution is -2.23. The van der Waals surface area contributed by atoms with Crippen molar-refractivity contribution in [2.75, 3.05) is 37.5 Å². The summed E-state index contributed by atoms with van der Waals surface area (Å²) in [6, 6.07) is 7.82. The molecule has 1 aromatic carbocycles. The van der Waals surface area contributed by atoms with Gasteiger partial charge in [0.1, 0.15) is 0 Å². The summed E-state index contributed by atoms with van der Waals surface area (Å²) in [6.45, 7) is 0.0563. The van der Waals surface area contributed by atoms with E-state index < -0.39 is 6.10 Å². The first-order valence-electron chi connectivity index (χ1n) is 6.21. The second-order valence-electron chi connectivity index (χ2n) is 4.64. The number of benzene rings is 1. The minimum absolute atomic E-state index is 0.251. The fourth-order valence-electron chi connectivity index (χ4n) is 1.97. The second-order valence-corrected chi connectivity index (χ2v) is 4.64. The van der Waals surface area contributed by atoms with Crippen molar-refractivity contribution in [1.82, 2.24) is 4.98 Å². The van der Waals surface area contributed by atoms with E-state index in [1.165, 1.54) is 0 Å². The van der Waals surface area contributed by atoms with Crippen molar-refractivity contribution >= 4 is 22.3 Å². The summed E-state index contributed by atoms with van der Waals surface area (Å²) >= 11 is 0. The lowest BCUT2D eigenvalue weighted by molar-refractivity contribution is 0.105. The zero-order chi connectivity index (χ0) is 13.8. The molecule has 0 amide bonds. The summed E-state index contributed by atoms with van der Waals surface area (Å²) in [5.41, 5.74) is 2.86. The molecule has 2 aromatic rings. The highest BCUT2D eigenvalue weighted by atomic mass is 16.3. The van der Waals surface area contributed by atoms with Gasteiger partial charge in [0.15, 0.2) is 0 Å². The minimum Gasteiger partial charge on any atom is -0.394 e. The van der Waals surface area contributed by atoms with Gasteiger partial charge in [-0.15, -0.1) is 0 Å². The number of hydrogen-bond acceptors (Lipinski definition) is 5. The topological polar surface area (TPSA) is 68.6 Å². The number of aliphatic hydroxyl groups excluding tert-OH is 2. The molecule has 0 aliphatic carbocycles. The maximum Gasteiger partial charge on any atom is 0.0955 e. The number of aliphatic hydroxyl groups is 2. The Morgan fingerprint density at radius 1 is 1.32 bits per heavy atom. The molecule has 19 heavy (non-hydrogen) atoms. The van der Waals surface area contributed by atoms with Gasteiger partial charge in [-0.1, -0.05) is 0 Å². The Morgan fingerprint density at radius 2 is 2.11 bits per heavy atom. The first-order chi connectivity index (χ1) is 9.13. The highest BCUT2D eigenvalue weighted by Crippen LogP contribution is 2.29. The SMILES string of the molecule is CN(C)c1ccc(NCC(O)CO)c2cccnc12. The van der Waals surface area contributed by atoms with E-state index in [1.807, 2.05) is 43.3 Å². The molecular formula is C14H19N3O2.